The van der Waals surface area contributed by atoms with Gasteiger partial charge in [0.15, 0.2) is 0 Å². The Morgan fingerprint density at radius 3 is 3.10 bits per heavy atom. The van der Waals surface area contributed by atoms with Crippen molar-refractivity contribution in [3.8, 4) is 0 Å². The minimum atomic E-state index is -0.239. The summed E-state index contributed by atoms with van der Waals surface area (Å²) in [6.07, 6.45) is 1.60. The molecule has 0 radical (unpaired) electrons. The number of carbonyl (C=O) groups is 1. The Bertz CT molecular complexity index is 773. The number of aromatic amines is 1. The van der Waals surface area contributed by atoms with Crippen molar-refractivity contribution in [2.75, 3.05) is 0 Å². The van der Waals surface area contributed by atoms with E-state index >= 15 is 0 Å². The van der Waals surface area contributed by atoms with Crippen LogP contribution in [0.1, 0.15) is 22.2 Å². The van der Waals surface area contributed by atoms with E-state index in [2.05, 4.69) is 20.5 Å². The van der Waals surface area contributed by atoms with Gasteiger partial charge in [-0.25, -0.2) is 10.4 Å². The van der Waals surface area contributed by atoms with Gasteiger partial charge in [0.1, 0.15) is 0 Å². The summed E-state index contributed by atoms with van der Waals surface area (Å²) in [4.78, 5) is 20.2. The van der Waals surface area contributed by atoms with Crippen molar-refractivity contribution in [2.24, 2.45) is 5.10 Å². The molecule has 3 rings (SSSR count). The van der Waals surface area contributed by atoms with Crippen molar-refractivity contribution < 1.29 is 4.79 Å². The van der Waals surface area contributed by atoms with Gasteiger partial charge in [0.05, 0.1) is 23.1 Å². The molecule has 20 heavy (non-hydrogen) atoms. The first-order chi connectivity index (χ1) is 9.74. The molecule has 0 bridgehead atoms. The fraction of sp³-hybridized carbons (Fsp3) is 0.0714. The molecule has 0 aliphatic heterocycles. The number of hydrazone groups is 1. The number of aromatic nitrogens is 2. The predicted octanol–water partition coefficient (Wildman–Crippen LogP) is 2.78. The van der Waals surface area contributed by atoms with Crippen LogP contribution in [0.25, 0.3) is 11.0 Å². The summed E-state index contributed by atoms with van der Waals surface area (Å²) in [5, 5.41) is 6.09. The van der Waals surface area contributed by atoms with Gasteiger partial charge in [-0.2, -0.15) is 5.10 Å². The van der Waals surface area contributed by atoms with Gasteiger partial charge in [0, 0.05) is 10.4 Å². The van der Waals surface area contributed by atoms with Gasteiger partial charge < -0.3 is 4.98 Å². The zero-order valence-corrected chi connectivity index (χ0v) is 11.6. The molecule has 3 aromatic rings. The molecule has 0 unspecified atom stereocenters. The Kier molecular flexibility index (Phi) is 3.30. The summed E-state index contributed by atoms with van der Waals surface area (Å²) in [6.45, 7) is 1.87. The van der Waals surface area contributed by atoms with Gasteiger partial charge in [0.2, 0.25) is 0 Å². The van der Waals surface area contributed by atoms with Gasteiger partial charge in [-0.1, -0.05) is 6.07 Å². The minimum Gasteiger partial charge on any atom is -0.345 e. The van der Waals surface area contributed by atoms with Crippen LogP contribution in [0.4, 0.5) is 0 Å². The van der Waals surface area contributed by atoms with E-state index in [0.717, 1.165) is 21.6 Å². The normalized spacial score (nSPS) is 11.8. The number of hydrogen-bond acceptors (Lipinski definition) is 4. The molecule has 1 amide bonds. The van der Waals surface area contributed by atoms with Crippen molar-refractivity contribution in [3.63, 3.8) is 0 Å². The largest absolute Gasteiger partial charge is 0.345 e. The van der Waals surface area contributed by atoms with E-state index in [1.807, 2.05) is 24.4 Å². The second-order valence-electron chi connectivity index (χ2n) is 4.25. The lowest BCUT2D eigenvalue weighted by molar-refractivity contribution is 0.0955. The lowest BCUT2D eigenvalue weighted by Crippen LogP contribution is -2.19. The first-order valence-corrected chi connectivity index (χ1v) is 6.93. The minimum absolute atomic E-state index is 0.239. The van der Waals surface area contributed by atoms with E-state index in [4.69, 9.17) is 0 Å². The van der Waals surface area contributed by atoms with Gasteiger partial charge in [-0.05, 0) is 36.6 Å². The third kappa shape index (κ3) is 2.46. The molecular weight excluding hydrogens is 272 g/mol. The van der Waals surface area contributed by atoms with Crippen LogP contribution in [0.2, 0.25) is 0 Å². The molecule has 2 heterocycles. The predicted molar refractivity (Wildman–Crippen MR) is 80.1 cm³/mol. The number of hydrogen-bond donors (Lipinski definition) is 2. The van der Waals surface area contributed by atoms with Crippen LogP contribution in [-0.2, 0) is 0 Å². The molecule has 0 aliphatic carbocycles. The summed E-state index contributed by atoms with van der Waals surface area (Å²) in [7, 11) is 0. The third-order valence-corrected chi connectivity index (χ3v) is 3.86. The number of H-pyrrole nitrogens is 1. The van der Waals surface area contributed by atoms with Crippen LogP contribution < -0.4 is 5.43 Å². The Morgan fingerprint density at radius 1 is 1.40 bits per heavy atom. The molecular formula is C14H12N4OS. The Morgan fingerprint density at radius 2 is 2.30 bits per heavy atom. The van der Waals surface area contributed by atoms with Crippen molar-refractivity contribution in [2.45, 2.75) is 6.92 Å². The summed E-state index contributed by atoms with van der Waals surface area (Å²) >= 11 is 1.59. The number of fused-ring (bicyclic) bond motifs is 1. The van der Waals surface area contributed by atoms with E-state index in [9.17, 15) is 4.79 Å². The molecule has 2 N–H and O–H groups in total. The van der Waals surface area contributed by atoms with Gasteiger partial charge >= 0.3 is 0 Å². The van der Waals surface area contributed by atoms with E-state index in [1.54, 1.807) is 35.9 Å². The zero-order valence-electron chi connectivity index (χ0n) is 10.8. The molecule has 0 spiro atoms. The maximum absolute atomic E-state index is 12.0. The fourth-order valence-electron chi connectivity index (χ4n) is 1.82. The van der Waals surface area contributed by atoms with Crippen molar-refractivity contribution in [1.82, 2.24) is 15.4 Å². The molecule has 6 heteroatoms. The van der Waals surface area contributed by atoms with E-state index in [-0.39, 0.29) is 5.91 Å². The molecule has 0 atom stereocenters. The van der Waals surface area contributed by atoms with E-state index in [1.165, 1.54) is 0 Å². The van der Waals surface area contributed by atoms with Crippen LogP contribution in [0.3, 0.4) is 0 Å². The Labute approximate surface area is 119 Å². The molecule has 1 aromatic carbocycles. The number of imidazole rings is 1. The smallest absolute Gasteiger partial charge is 0.271 e. The molecule has 0 saturated carbocycles. The Balaban J connectivity index is 1.77. The van der Waals surface area contributed by atoms with E-state index < -0.39 is 0 Å². The zero-order chi connectivity index (χ0) is 13.9. The van der Waals surface area contributed by atoms with Crippen LogP contribution in [0.5, 0.6) is 0 Å². The summed E-state index contributed by atoms with van der Waals surface area (Å²) in [5.74, 6) is -0.239. The molecule has 2 aromatic heterocycles. The topological polar surface area (TPSA) is 70.1 Å². The fourth-order valence-corrected chi connectivity index (χ4v) is 2.49. The highest BCUT2D eigenvalue weighted by Gasteiger charge is 2.07. The first-order valence-electron chi connectivity index (χ1n) is 6.06. The first kappa shape index (κ1) is 12.6. The summed E-state index contributed by atoms with van der Waals surface area (Å²) in [5.41, 5.74) is 5.56. The molecule has 0 fully saturated rings. The molecule has 0 aliphatic rings. The average molecular weight is 284 g/mol. The van der Waals surface area contributed by atoms with E-state index in [0.29, 0.717) is 5.56 Å². The monoisotopic (exact) mass is 284 g/mol. The highest BCUT2D eigenvalue weighted by Crippen LogP contribution is 2.12. The molecule has 100 valence electrons. The summed E-state index contributed by atoms with van der Waals surface area (Å²) in [6, 6.07) is 9.21. The van der Waals surface area contributed by atoms with Gasteiger partial charge in [-0.15, -0.1) is 11.3 Å². The standard InChI is InChI=1S/C14H12N4OS/c1-9(13-3-2-6-20-13)17-18-14(19)10-4-5-11-12(7-10)16-8-15-11/h2-8H,1H3,(H,15,16)(H,18,19). The van der Waals surface area contributed by atoms with Crippen LogP contribution in [0, 0.1) is 0 Å². The number of amides is 1. The highest BCUT2D eigenvalue weighted by atomic mass is 32.1. The van der Waals surface area contributed by atoms with Crippen LogP contribution in [0.15, 0.2) is 47.1 Å². The quantitative estimate of drug-likeness (QED) is 0.573. The third-order valence-electron chi connectivity index (χ3n) is 2.89. The number of nitrogens with one attached hydrogen (secondary N) is 2. The lowest BCUT2D eigenvalue weighted by Gasteiger charge is -2.01. The number of nitrogens with zero attached hydrogens (tertiary/aromatic N) is 2. The SMILES string of the molecule is CC(=NNC(=O)c1ccc2nc[nH]c2c1)c1cccs1. The van der Waals surface area contributed by atoms with Crippen LogP contribution in [-0.4, -0.2) is 21.6 Å². The second-order valence-corrected chi connectivity index (χ2v) is 5.20. The number of benzene rings is 1. The Hall–Kier alpha value is -2.47. The second kappa shape index (κ2) is 5.26. The maximum Gasteiger partial charge on any atom is 0.271 e. The molecule has 5 nitrogen and oxygen atoms in total. The summed E-state index contributed by atoms with van der Waals surface area (Å²) < 4.78 is 0. The lowest BCUT2D eigenvalue weighted by atomic mass is 10.2. The maximum atomic E-state index is 12.0. The highest BCUT2D eigenvalue weighted by molar-refractivity contribution is 7.12. The number of rotatable bonds is 3. The average Bonchev–Trinajstić information content (AvgIpc) is 3.13. The van der Waals surface area contributed by atoms with Crippen molar-refractivity contribution in [1.29, 1.82) is 0 Å². The number of thiophene rings is 1. The van der Waals surface area contributed by atoms with Gasteiger partial charge in [-0.3, -0.25) is 4.79 Å². The van der Waals surface area contributed by atoms with Crippen LogP contribution >= 0.6 is 11.3 Å². The van der Waals surface area contributed by atoms with Crippen molar-refractivity contribution >= 4 is 34.0 Å². The van der Waals surface area contributed by atoms with Crippen molar-refractivity contribution in [3.05, 3.63) is 52.5 Å². The number of carbonyl (C=O) groups excluding carboxylic acids is 1. The molecule has 0 saturated heterocycles. The van der Waals surface area contributed by atoms with Gasteiger partial charge in [0.25, 0.3) is 5.91 Å².